The van der Waals surface area contributed by atoms with Gasteiger partial charge in [0.15, 0.2) is 0 Å². The Hall–Kier alpha value is -0.620. The molecule has 1 heterocycles. The van der Waals surface area contributed by atoms with Crippen LogP contribution in [-0.4, -0.2) is 23.7 Å². The summed E-state index contributed by atoms with van der Waals surface area (Å²) >= 11 is 7.25. The fourth-order valence-corrected chi connectivity index (χ4v) is 2.14. The van der Waals surface area contributed by atoms with Gasteiger partial charge in [0.1, 0.15) is 6.10 Å². The van der Waals surface area contributed by atoms with Gasteiger partial charge in [0.05, 0.1) is 4.34 Å². The van der Waals surface area contributed by atoms with Crippen LogP contribution in [0.15, 0.2) is 12.1 Å². The van der Waals surface area contributed by atoms with Crippen molar-refractivity contribution >= 4 is 28.8 Å². The largest absolute Gasteiger partial charge is 0.382 e. The number of rotatable bonds is 5. The molecule has 1 rings (SSSR count). The average Bonchev–Trinajstić information content (AvgIpc) is 2.60. The summed E-state index contributed by atoms with van der Waals surface area (Å²) in [7, 11) is 0. The van der Waals surface area contributed by atoms with Gasteiger partial charge in [-0.05, 0) is 19.1 Å². The predicted octanol–water partition coefficient (Wildman–Crippen LogP) is 0.898. The quantitative estimate of drug-likeness (QED) is 0.725. The third-order valence-electron chi connectivity index (χ3n) is 1.97. The summed E-state index contributed by atoms with van der Waals surface area (Å²) < 4.78 is 0.717. The minimum Gasteiger partial charge on any atom is -0.382 e. The van der Waals surface area contributed by atoms with E-state index < -0.39 is 12.0 Å². The first-order chi connectivity index (χ1) is 7.00. The van der Waals surface area contributed by atoms with Crippen LogP contribution in [0.4, 0.5) is 0 Å². The molecule has 4 N–H and O–H groups in total. The maximum atomic E-state index is 10.6. The summed E-state index contributed by atoms with van der Waals surface area (Å²) in [6.07, 6.45) is -1.15. The van der Waals surface area contributed by atoms with Crippen LogP contribution in [0.3, 0.4) is 0 Å². The van der Waals surface area contributed by atoms with Crippen LogP contribution in [0.25, 0.3) is 0 Å². The van der Waals surface area contributed by atoms with Gasteiger partial charge >= 0.3 is 0 Å². The van der Waals surface area contributed by atoms with Gasteiger partial charge < -0.3 is 16.2 Å². The van der Waals surface area contributed by atoms with Crippen molar-refractivity contribution in [3.05, 3.63) is 21.3 Å². The van der Waals surface area contributed by atoms with Crippen LogP contribution in [0.5, 0.6) is 0 Å². The third kappa shape index (κ3) is 3.79. The van der Waals surface area contributed by atoms with Crippen LogP contribution in [-0.2, 0) is 4.79 Å². The number of carbonyl (C=O) groups excluding carboxylic acids is 1. The molecule has 4 nitrogen and oxygen atoms in total. The van der Waals surface area contributed by atoms with Gasteiger partial charge in [0.25, 0.3) is 0 Å². The van der Waals surface area contributed by atoms with Gasteiger partial charge in [0, 0.05) is 17.5 Å². The van der Waals surface area contributed by atoms with E-state index in [1.807, 2.05) is 19.1 Å². The maximum Gasteiger partial charge on any atom is 0.247 e. The SMILES string of the molecule is CC(NCC(O)C(N)=O)c1ccc(Cl)s1. The van der Waals surface area contributed by atoms with Gasteiger partial charge in [-0.2, -0.15) is 0 Å². The van der Waals surface area contributed by atoms with E-state index in [1.165, 1.54) is 11.3 Å². The molecule has 2 unspecified atom stereocenters. The van der Waals surface area contributed by atoms with Crippen molar-refractivity contribution in [1.29, 1.82) is 0 Å². The lowest BCUT2D eigenvalue weighted by molar-refractivity contribution is -0.125. The van der Waals surface area contributed by atoms with Crippen molar-refractivity contribution in [3.63, 3.8) is 0 Å². The number of carbonyl (C=O) groups is 1. The molecule has 2 atom stereocenters. The van der Waals surface area contributed by atoms with Gasteiger partial charge in [-0.1, -0.05) is 11.6 Å². The van der Waals surface area contributed by atoms with Crippen LogP contribution in [0.2, 0.25) is 4.34 Å². The van der Waals surface area contributed by atoms with Crippen molar-refractivity contribution < 1.29 is 9.90 Å². The Balaban J connectivity index is 2.43. The molecule has 0 aromatic carbocycles. The summed E-state index contributed by atoms with van der Waals surface area (Å²) in [6, 6.07) is 3.75. The zero-order valence-corrected chi connectivity index (χ0v) is 9.81. The molecule has 1 aromatic rings. The minimum atomic E-state index is -1.15. The predicted molar refractivity (Wildman–Crippen MR) is 60.9 cm³/mol. The molecule has 15 heavy (non-hydrogen) atoms. The number of primary amides is 1. The number of hydrogen-bond donors (Lipinski definition) is 3. The van der Waals surface area contributed by atoms with Gasteiger partial charge in [-0.25, -0.2) is 0 Å². The Labute approximate surface area is 97.0 Å². The van der Waals surface area contributed by atoms with E-state index in [4.69, 9.17) is 22.4 Å². The van der Waals surface area contributed by atoms with E-state index in [9.17, 15) is 4.79 Å². The molecule has 0 saturated carbocycles. The van der Waals surface area contributed by atoms with Crippen LogP contribution in [0, 0.1) is 0 Å². The van der Waals surface area contributed by atoms with Crippen LogP contribution < -0.4 is 11.1 Å². The lowest BCUT2D eigenvalue weighted by Gasteiger charge is -2.13. The zero-order chi connectivity index (χ0) is 11.4. The Kier molecular flexibility index (Phi) is 4.53. The molecule has 0 spiro atoms. The molecule has 0 saturated heterocycles. The molecule has 0 aliphatic heterocycles. The fraction of sp³-hybridized carbons (Fsp3) is 0.444. The topological polar surface area (TPSA) is 75.3 Å². The first-order valence-electron chi connectivity index (χ1n) is 4.46. The number of thiophene rings is 1. The summed E-state index contributed by atoms with van der Waals surface area (Å²) in [5, 5.41) is 12.2. The Bertz CT molecular complexity index is 343. The van der Waals surface area contributed by atoms with Crippen molar-refractivity contribution in [1.82, 2.24) is 5.32 Å². The highest BCUT2D eigenvalue weighted by atomic mass is 35.5. The van der Waals surface area contributed by atoms with Crippen molar-refractivity contribution in [2.24, 2.45) is 5.73 Å². The summed E-state index contributed by atoms with van der Waals surface area (Å²) in [6.45, 7) is 2.07. The van der Waals surface area contributed by atoms with E-state index in [1.54, 1.807) is 0 Å². The van der Waals surface area contributed by atoms with Crippen LogP contribution >= 0.6 is 22.9 Å². The Morgan fingerprint density at radius 3 is 2.87 bits per heavy atom. The smallest absolute Gasteiger partial charge is 0.247 e. The number of hydrogen-bond acceptors (Lipinski definition) is 4. The minimum absolute atomic E-state index is 0.0384. The first kappa shape index (κ1) is 12.4. The van der Waals surface area contributed by atoms with Crippen molar-refractivity contribution in [2.75, 3.05) is 6.54 Å². The van der Waals surface area contributed by atoms with Crippen LogP contribution in [0.1, 0.15) is 17.8 Å². The monoisotopic (exact) mass is 248 g/mol. The normalized spacial score (nSPS) is 14.9. The number of halogens is 1. The number of nitrogens with two attached hydrogens (primary N) is 1. The van der Waals surface area contributed by atoms with Gasteiger partial charge in [-0.15, -0.1) is 11.3 Å². The molecule has 1 aromatic heterocycles. The van der Waals surface area contributed by atoms with Crippen molar-refractivity contribution in [3.8, 4) is 0 Å². The summed E-state index contributed by atoms with van der Waals surface area (Å²) in [4.78, 5) is 11.6. The summed E-state index contributed by atoms with van der Waals surface area (Å²) in [5.74, 6) is -0.723. The van der Waals surface area contributed by atoms with E-state index in [0.29, 0.717) is 4.34 Å². The highest BCUT2D eigenvalue weighted by Gasteiger charge is 2.13. The highest BCUT2D eigenvalue weighted by molar-refractivity contribution is 7.16. The lowest BCUT2D eigenvalue weighted by Crippen LogP contribution is -2.38. The van der Waals surface area contributed by atoms with Gasteiger partial charge in [-0.3, -0.25) is 4.79 Å². The molecule has 0 radical (unpaired) electrons. The third-order valence-corrected chi connectivity index (χ3v) is 3.38. The lowest BCUT2D eigenvalue weighted by atomic mass is 10.2. The van der Waals surface area contributed by atoms with E-state index in [-0.39, 0.29) is 12.6 Å². The maximum absolute atomic E-state index is 10.6. The Morgan fingerprint density at radius 1 is 1.73 bits per heavy atom. The van der Waals surface area contributed by atoms with E-state index in [2.05, 4.69) is 5.32 Å². The molecular weight excluding hydrogens is 236 g/mol. The molecule has 0 bridgehead atoms. The zero-order valence-electron chi connectivity index (χ0n) is 8.24. The fourth-order valence-electron chi connectivity index (χ4n) is 1.05. The molecule has 0 fully saturated rings. The van der Waals surface area contributed by atoms with E-state index >= 15 is 0 Å². The second-order valence-electron chi connectivity index (χ2n) is 3.19. The molecule has 6 heteroatoms. The first-order valence-corrected chi connectivity index (χ1v) is 5.66. The molecule has 0 aliphatic carbocycles. The second kappa shape index (κ2) is 5.46. The number of aliphatic hydroxyl groups excluding tert-OH is 1. The molecule has 1 amide bonds. The number of aliphatic hydroxyl groups is 1. The second-order valence-corrected chi connectivity index (χ2v) is 4.94. The average molecular weight is 249 g/mol. The number of nitrogens with one attached hydrogen (secondary N) is 1. The highest BCUT2D eigenvalue weighted by Crippen LogP contribution is 2.26. The van der Waals surface area contributed by atoms with Gasteiger partial charge in [0.2, 0.25) is 5.91 Å². The Morgan fingerprint density at radius 2 is 2.40 bits per heavy atom. The van der Waals surface area contributed by atoms with Crippen molar-refractivity contribution in [2.45, 2.75) is 19.1 Å². The number of amides is 1. The van der Waals surface area contributed by atoms with E-state index in [0.717, 1.165) is 4.88 Å². The molecule has 84 valence electrons. The molecule has 0 aliphatic rings. The summed E-state index contributed by atoms with van der Waals surface area (Å²) in [5.41, 5.74) is 4.92. The standard InChI is InChI=1S/C9H13ClN2O2S/c1-5(7-2-3-8(10)15-7)12-4-6(13)9(11)14/h2-3,5-6,12-13H,4H2,1H3,(H2,11,14). The molecular formula is C9H13ClN2O2S.